The number of hydrogen-bond acceptors (Lipinski definition) is 9. The molecule has 0 unspecified atom stereocenters. The normalized spacial score (nSPS) is 11.2. The average Bonchev–Trinajstić information content (AvgIpc) is 3.04. The summed E-state index contributed by atoms with van der Waals surface area (Å²) in [5.41, 5.74) is 2.32. The van der Waals surface area contributed by atoms with Crippen LogP contribution in [0.25, 0.3) is 0 Å². The van der Waals surface area contributed by atoms with Crippen molar-refractivity contribution in [3.05, 3.63) is 96.1 Å². The zero-order valence-electron chi connectivity index (χ0n) is 27.8. The summed E-state index contributed by atoms with van der Waals surface area (Å²) < 4.78 is 76.6. The third-order valence-corrected chi connectivity index (χ3v) is 9.11. The van der Waals surface area contributed by atoms with Crippen LogP contribution in [-0.2, 0) is 33.1 Å². The Hall–Kier alpha value is -2.84. The first-order valence-electron chi connectivity index (χ1n) is 15.9. The first-order chi connectivity index (χ1) is 22.8. The summed E-state index contributed by atoms with van der Waals surface area (Å²) in [5.74, 6) is -1.03. The molecule has 0 saturated heterocycles. The van der Waals surface area contributed by atoms with Gasteiger partial charge in [-0.1, -0.05) is 101 Å². The number of para-hydroxylation sites is 2. The third kappa shape index (κ3) is 14.1. The molecule has 0 aliphatic heterocycles. The fourth-order valence-corrected chi connectivity index (χ4v) is 6.04. The maximum atomic E-state index is 11.8. The van der Waals surface area contributed by atoms with E-state index < -0.39 is 41.5 Å². The maximum Gasteiger partial charge on any atom is 2.00 e. The summed E-state index contributed by atoms with van der Waals surface area (Å²) in [7, 11) is -9.26. The molecule has 0 aliphatic rings. The van der Waals surface area contributed by atoms with Crippen LogP contribution in [0, 0.1) is 0 Å². The van der Waals surface area contributed by atoms with Crippen LogP contribution in [-0.4, -0.2) is 68.8 Å². The molecule has 0 radical (unpaired) electrons. The van der Waals surface area contributed by atoms with Gasteiger partial charge in [0.25, 0.3) is 10.1 Å². The molecule has 0 atom stereocenters. The van der Waals surface area contributed by atoms with Crippen LogP contribution in [0.2, 0.25) is 0 Å². The molecule has 260 valence electrons. The number of phenolic OH excluding ortho intramolecular Hbond substituents is 1. The summed E-state index contributed by atoms with van der Waals surface area (Å²) in [5, 5.41) is 21.7. The van der Waals surface area contributed by atoms with Gasteiger partial charge in [-0.25, -0.2) is 8.42 Å². The molecular formula is C36H42CaO10S2. The van der Waals surface area contributed by atoms with Gasteiger partial charge in [0.2, 0.25) is 0 Å². The van der Waals surface area contributed by atoms with E-state index in [0.717, 1.165) is 43.4 Å². The number of rotatable bonds is 16. The first-order valence-corrected chi connectivity index (χ1v) is 18.8. The number of hydrogen-bond donors (Lipinski definition) is 2. The van der Waals surface area contributed by atoms with Crippen molar-refractivity contribution < 1.29 is 45.6 Å². The van der Waals surface area contributed by atoms with Gasteiger partial charge in [-0.05, 0) is 79.3 Å². The first kappa shape index (κ1) is 42.3. The Bertz CT molecular complexity index is 1680. The SMILES string of the molecule is CCCCCCc1ccc(Oc2c(O)cccc2S(=O)(=O)O)cc1.CCCCCCc1ccc(Oc2c([O-])cccc2S(=O)(=O)[O-])cc1.[Ca+2]. The fraction of sp³-hybridized carbons (Fsp3) is 0.333. The second kappa shape index (κ2) is 20.7. The Balaban J connectivity index is 0.000000333. The standard InChI is InChI=1S/2C18H22O5S.Ca/c2*1-2-3-4-5-7-14-10-12-15(13-11-14)23-18-16(19)8-6-9-17(18)24(20,21)22;/h2*6,8-13,19H,2-5,7H2,1H3,(H,20,21,22);/q;;+2/p-2. The van der Waals surface area contributed by atoms with Gasteiger partial charge in [0, 0.05) is 0 Å². The number of benzene rings is 4. The zero-order valence-corrected chi connectivity index (χ0v) is 31.7. The number of unbranched alkanes of at least 4 members (excludes halogenated alkanes) is 6. The minimum atomic E-state index is -4.78. The van der Waals surface area contributed by atoms with Crippen LogP contribution in [0.15, 0.2) is 94.7 Å². The smallest absolute Gasteiger partial charge is 0.870 e. The molecule has 4 rings (SSSR count). The van der Waals surface area contributed by atoms with Crippen LogP contribution in [0.1, 0.15) is 76.3 Å². The number of phenols is 1. The van der Waals surface area contributed by atoms with Crippen molar-refractivity contribution in [3.63, 3.8) is 0 Å². The second-order valence-corrected chi connectivity index (χ2v) is 14.0. The largest absolute Gasteiger partial charge is 2.00 e. The van der Waals surface area contributed by atoms with Crippen molar-refractivity contribution in [1.29, 1.82) is 0 Å². The number of ether oxygens (including phenoxy) is 2. The van der Waals surface area contributed by atoms with E-state index in [1.807, 2.05) is 24.3 Å². The Labute approximate surface area is 319 Å². The summed E-state index contributed by atoms with van der Waals surface area (Å²) in [4.78, 5) is -1.11. The van der Waals surface area contributed by atoms with Gasteiger partial charge in [-0.15, -0.1) is 0 Å². The molecule has 2 N–H and O–H groups in total. The van der Waals surface area contributed by atoms with E-state index in [1.54, 1.807) is 24.3 Å². The van der Waals surface area contributed by atoms with E-state index in [-0.39, 0.29) is 49.2 Å². The topological polar surface area (TPSA) is 173 Å². The van der Waals surface area contributed by atoms with Crippen LogP contribution in [0.3, 0.4) is 0 Å². The predicted molar refractivity (Wildman–Crippen MR) is 186 cm³/mol. The van der Waals surface area contributed by atoms with Crippen molar-refractivity contribution in [3.8, 4) is 34.5 Å². The van der Waals surface area contributed by atoms with Crippen LogP contribution in [0.4, 0.5) is 0 Å². The predicted octanol–water partition coefficient (Wildman–Crippen LogP) is 7.75. The van der Waals surface area contributed by atoms with Crippen LogP contribution >= 0.6 is 0 Å². The van der Waals surface area contributed by atoms with E-state index in [2.05, 4.69) is 13.8 Å². The molecule has 0 amide bonds. The molecule has 13 heteroatoms. The molecule has 0 bridgehead atoms. The Kier molecular flexibility index (Phi) is 17.9. The van der Waals surface area contributed by atoms with Crippen LogP contribution < -0.4 is 14.6 Å². The molecule has 4 aromatic carbocycles. The van der Waals surface area contributed by atoms with Gasteiger partial charge in [0.15, 0.2) is 11.5 Å². The van der Waals surface area contributed by atoms with E-state index in [4.69, 9.17) is 9.47 Å². The molecule has 10 nitrogen and oxygen atoms in total. The minimum Gasteiger partial charge on any atom is -0.870 e. The monoisotopic (exact) mass is 738 g/mol. The van der Waals surface area contributed by atoms with Gasteiger partial charge < -0.3 is 24.2 Å². The van der Waals surface area contributed by atoms with Crippen molar-refractivity contribution in [2.24, 2.45) is 0 Å². The molecule has 0 heterocycles. The third-order valence-electron chi connectivity index (χ3n) is 7.37. The van der Waals surface area contributed by atoms with E-state index in [0.29, 0.717) is 11.5 Å². The van der Waals surface area contributed by atoms with Crippen molar-refractivity contribution in [2.75, 3.05) is 0 Å². The summed E-state index contributed by atoms with van der Waals surface area (Å²) >= 11 is 0. The average molecular weight is 739 g/mol. The Morgan fingerprint density at radius 2 is 1.06 bits per heavy atom. The Morgan fingerprint density at radius 1 is 0.612 bits per heavy atom. The van der Waals surface area contributed by atoms with Gasteiger partial charge in [-0.2, -0.15) is 8.42 Å². The van der Waals surface area contributed by atoms with Gasteiger partial charge >= 0.3 is 37.7 Å². The van der Waals surface area contributed by atoms with Crippen molar-refractivity contribution >= 4 is 58.0 Å². The molecule has 0 aromatic heterocycles. The zero-order chi connectivity index (χ0) is 35.2. The summed E-state index contributed by atoms with van der Waals surface area (Å²) in [6.45, 7) is 4.34. The van der Waals surface area contributed by atoms with Gasteiger partial charge in [0.1, 0.15) is 32.3 Å². The fourth-order valence-electron chi connectivity index (χ4n) is 4.80. The molecule has 49 heavy (non-hydrogen) atoms. The molecule has 0 spiro atoms. The van der Waals surface area contributed by atoms with Gasteiger partial charge in [0.05, 0.1) is 4.90 Å². The van der Waals surface area contributed by atoms with Crippen molar-refractivity contribution in [1.82, 2.24) is 0 Å². The van der Waals surface area contributed by atoms with E-state index >= 15 is 0 Å². The Morgan fingerprint density at radius 3 is 1.51 bits per heavy atom. The number of aromatic hydroxyl groups is 1. The maximum absolute atomic E-state index is 11.8. The number of aryl methyl sites for hydroxylation is 2. The molecule has 0 aliphatic carbocycles. The molecule has 0 saturated carbocycles. The van der Waals surface area contributed by atoms with E-state index in [9.17, 15) is 36.2 Å². The molecule has 0 fully saturated rings. The van der Waals surface area contributed by atoms with Gasteiger partial charge in [-0.3, -0.25) is 4.55 Å². The summed E-state index contributed by atoms with van der Waals surface area (Å²) in [6.07, 6.45) is 11.4. The molecule has 4 aromatic rings. The van der Waals surface area contributed by atoms with Crippen LogP contribution in [0.5, 0.6) is 34.5 Å². The minimum absolute atomic E-state index is 0. The second-order valence-electron chi connectivity index (χ2n) is 11.2. The van der Waals surface area contributed by atoms with Crippen molar-refractivity contribution in [2.45, 2.75) is 87.8 Å². The quantitative estimate of drug-likeness (QED) is 0.0657. The van der Waals surface area contributed by atoms with E-state index in [1.165, 1.54) is 68.4 Å². The molecular weight excluding hydrogens is 697 g/mol. The summed E-state index contributed by atoms with van der Waals surface area (Å²) in [6, 6.07) is 21.6.